The van der Waals surface area contributed by atoms with Crippen molar-refractivity contribution in [2.45, 2.75) is 46.9 Å². The number of aromatic nitrogens is 3. The van der Waals surface area contributed by atoms with E-state index >= 15 is 0 Å². The number of nitrogens with zero attached hydrogens (tertiary/aromatic N) is 3. The Morgan fingerprint density at radius 3 is 2.74 bits per heavy atom. The summed E-state index contributed by atoms with van der Waals surface area (Å²) in [6.45, 7) is 9.83. The summed E-state index contributed by atoms with van der Waals surface area (Å²) in [7, 11) is 0. The topological polar surface area (TPSA) is 43.0 Å². The van der Waals surface area contributed by atoms with Crippen molar-refractivity contribution in [1.29, 1.82) is 0 Å². The normalized spacial score (nSPS) is 13.2. The van der Waals surface area contributed by atoms with Gasteiger partial charge in [-0.25, -0.2) is 0 Å². The zero-order valence-electron chi connectivity index (χ0n) is 12.2. The second kappa shape index (κ2) is 5.61. The number of aliphatic hydroxyl groups is 1. The highest BCUT2D eigenvalue weighted by molar-refractivity contribution is 5.16. The van der Waals surface area contributed by atoms with Crippen molar-refractivity contribution in [3.63, 3.8) is 0 Å². The second-order valence-electron chi connectivity index (χ2n) is 5.40. The monoisotopic (exact) mass is 261 g/mol. The molecule has 0 fully saturated rings. The first kappa shape index (κ1) is 13.9. The first-order valence-electron chi connectivity index (χ1n) is 6.88. The highest BCUT2D eigenvalue weighted by Gasteiger charge is 2.13. The number of hydrogen-bond donors (Lipinski definition) is 1. The van der Waals surface area contributed by atoms with E-state index in [-0.39, 0.29) is 12.0 Å². The van der Waals surface area contributed by atoms with E-state index in [4.69, 9.17) is 0 Å². The van der Waals surface area contributed by atoms with Gasteiger partial charge in [0.05, 0.1) is 24.0 Å². The largest absolute Gasteiger partial charge is 0.388 e. The van der Waals surface area contributed by atoms with Crippen LogP contribution in [0.3, 0.4) is 0 Å². The number of aliphatic hydroxyl groups excluding tert-OH is 1. The predicted molar refractivity (Wildman–Crippen MR) is 76.0 cm³/mol. The van der Waals surface area contributed by atoms with Crippen LogP contribution in [-0.2, 0) is 13.1 Å². The van der Waals surface area contributed by atoms with E-state index in [0.717, 1.165) is 24.3 Å². The molecular weight excluding hydrogens is 238 g/mol. The van der Waals surface area contributed by atoms with Crippen LogP contribution >= 0.6 is 0 Å². The maximum absolute atomic E-state index is 10.1. The van der Waals surface area contributed by atoms with E-state index in [1.807, 2.05) is 43.9 Å². The molecule has 19 heavy (non-hydrogen) atoms. The molecular formula is C15H23N3O. The smallest absolute Gasteiger partial charge is 0.0827 e. The maximum Gasteiger partial charge on any atom is 0.0827 e. The van der Waals surface area contributed by atoms with Gasteiger partial charge in [0.15, 0.2) is 0 Å². The summed E-state index contributed by atoms with van der Waals surface area (Å²) in [5, 5.41) is 14.5. The minimum Gasteiger partial charge on any atom is -0.388 e. The van der Waals surface area contributed by atoms with Gasteiger partial charge in [-0.15, -0.1) is 0 Å². The van der Waals surface area contributed by atoms with Crippen LogP contribution in [0.2, 0.25) is 0 Å². The minimum absolute atomic E-state index is 0.235. The Kier molecular flexibility index (Phi) is 4.10. The van der Waals surface area contributed by atoms with Crippen molar-refractivity contribution in [2.24, 2.45) is 5.92 Å². The number of rotatable bonds is 5. The highest BCUT2D eigenvalue weighted by atomic mass is 16.3. The van der Waals surface area contributed by atoms with Gasteiger partial charge in [-0.3, -0.25) is 4.68 Å². The first-order chi connectivity index (χ1) is 9.01. The number of aryl methyl sites for hydroxylation is 2. The fraction of sp³-hybridized carbons (Fsp3) is 0.533. The van der Waals surface area contributed by atoms with Crippen LogP contribution in [0.1, 0.15) is 43.8 Å². The molecule has 4 nitrogen and oxygen atoms in total. The van der Waals surface area contributed by atoms with Crippen LogP contribution < -0.4 is 0 Å². The Hall–Kier alpha value is -1.55. The van der Waals surface area contributed by atoms with E-state index in [1.165, 1.54) is 5.69 Å². The molecule has 0 aliphatic carbocycles. The number of hydrogen-bond acceptors (Lipinski definition) is 2. The van der Waals surface area contributed by atoms with Crippen molar-refractivity contribution < 1.29 is 5.11 Å². The standard InChI is InChI=1S/C15H23N3O/c1-5-18-14(8-12(4)16-18)10-17-7-6-13(9-17)15(19)11(2)3/h6-9,11,15,19H,5,10H2,1-4H3. The molecule has 0 aliphatic rings. The van der Waals surface area contributed by atoms with Crippen molar-refractivity contribution in [3.8, 4) is 0 Å². The third-order valence-electron chi connectivity index (χ3n) is 3.38. The second-order valence-corrected chi connectivity index (χ2v) is 5.40. The molecule has 0 amide bonds. The van der Waals surface area contributed by atoms with Gasteiger partial charge >= 0.3 is 0 Å². The van der Waals surface area contributed by atoms with Crippen molar-refractivity contribution in [2.75, 3.05) is 0 Å². The molecule has 1 atom stereocenters. The van der Waals surface area contributed by atoms with Gasteiger partial charge in [-0.05, 0) is 37.5 Å². The summed E-state index contributed by atoms with van der Waals surface area (Å²) in [6, 6.07) is 4.10. The molecule has 4 heteroatoms. The van der Waals surface area contributed by atoms with E-state index in [0.29, 0.717) is 0 Å². The van der Waals surface area contributed by atoms with Gasteiger partial charge in [0.1, 0.15) is 0 Å². The molecule has 0 saturated carbocycles. The SMILES string of the molecule is CCn1nc(C)cc1Cn1ccc(C(O)C(C)C)c1. The Balaban J connectivity index is 2.15. The van der Waals surface area contributed by atoms with Gasteiger partial charge in [0.25, 0.3) is 0 Å². The predicted octanol–water partition coefficient (Wildman–Crippen LogP) is 2.75. The summed E-state index contributed by atoms with van der Waals surface area (Å²) in [6.07, 6.45) is 3.65. The molecule has 2 aromatic heterocycles. The molecule has 1 unspecified atom stereocenters. The quantitative estimate of drug-likeness (QED) is 0.899. The fourth-order valence-electron chi connectivity index (χ4n) is 2.30. The molecule has 104 valence electrons. The minimum atomic E-state index is -0.390. The van der Waals surface area contributed by atoms with Gasteiger partial charge < -0.3 is 9.67 Å². The molecule has 0 saturated heterocycles. The molecule has 0 radical (unpaired) electrons. The molecule has 0 aliphatic heterocycles. The molecule has 2 heterocycles. The molecule has 0 spiro atoms. The fourth-order valence-corrected chi connectivity index (χ4v) is 2.30. The molecule has 1 N–H and O–H groups in total. The van der Waals surface area contributed by atoms with Gasteiger partial charge in [0, 0.05) is 18.9 Å². The summed E-state index contributed by atoms with van der Waals surface area (Å²) in [4.78, 5) is 0. The average Bonchev–Trinajstić information content (AvgIpc) is 2.95. The van der Waals surface area contributed by atoms with Crippen LogP contribution in [0.15, 0.2) is 24.5 Å². The Morgan fingerprint density at radius 1 is 1.37 bits per heavy atom. The van der Waals surface area contributed by atoms with Crippen LogP contribution in [0.5, 0.6) is 0 Å². The zero-order valence-corrected chi connectivity index (χ0v) is 12.2. The first-order valence-corrected chi connectivity index (χ1v) is 6.88. The third-order valence-corrected chi connectivity index (χ3v) is 3.38. The van der Waals surface area contributed by atoms with E-state index in [9.17, 15) is 5.11 Å². The van der Waals surface area contributed by atoms with Gasteiger partial charge in [-0.2, -0.15) is 5.10 Å². The molecule has 0 aromatic carbocycles. The lowest BCUT2D eigenvalue weighted by Gasteiger charge is -2.12. The van der Waals surface area contributed by atoms with Gasteiger partial charge in [0.2, 0.25) is 0 Å². The van der Waals surface area contributed by atoms with E-state index < -0.39 is 0 Å². The molecule has 2 rings (SSSR count). The molecule has 0 bridgehead atoms. The maximum atomic E-state index is 10.1. The lowest BCUT2D eigenvalue weighted by Crippen LogP contribution is -2.07. The van der Waals surface area contributed by atoms with Crippen LogP contribution in [0.25, 0.3) is 0 Å². The van der Waals surface area contributed by atoms with Crippen molar-refractivity contribution in [1.82, 2.24) is 14.3 Å². The highest BCUT2D eigenvalue weighted by Crippen LogP contribution is 2.21. The Labute approximate surface area is 114 Å². The van der Waals surface area contributed by atoms with Crippen molar-refractivity contribution >= 4 is 0 Å². The van der Waals surface area contributed by atoms with E-state index in [2.05, 4.69) is 22.7 Å². The molecule has 2 aromatic rings. The van der Waals surface area contributed by atoms with Crippen LogP contribution in [0.4, 0.5) is 0 Å². The van der Waals surface area contributed by atoms with Crippen molar-refractivity contribution in [3.05, 3.63) is 41.5 Å². The van der Waals surface area contributed by atoms with Crippen LogP contribution in [-0.4, -0.2) is 19.5 Å². The summed E-state index contributed by atoms with van der Waals surface area (Å²) in [5.41, 5.74) is 3.22. The summed E-state index contributed by atoms with van der Waals surface area (Å²) >= 11 is 0. The third kappa shape index (κ3) is 3.07. The zero-order chi connectivity index (χ0) is 14.0. The Bertz CT molecular complexity index is 539. The summed E-state index contributed by atoms with van der Waals surface area (Å²) < 4.78 is 4.12. The summed E-state index contributed by atoms with van der Waals surface area (Å²) in [5.74, 6) is 0.235. The lowest BCUT2D eigenvalue weighted by molar-refractivity contribution is 0.127. The van der Waals surface area contributed by atoms with E-state index in [1.54, 1.807) is 0 Å². The Morgan fingerprint density at radius 2 is 2.11 bits per heavy atom. The lowest BCUT2D eigenvalue weighted by atomic mass is 10.0. The average molecular weight is 261 g/mol. The van der Waals surface area contributed by atoms with Crippen LogP contribution in [0, 0.1) is 12.8 Å². The van der Waals surface area contributed by atoms with Gasteiger partial charge in [-0.1, -0.05) is 13.8 Å².